The van der Waals surface area contributed by atoms with Crippen molar-refractivity contribution in [1.29, 1.82) is 0 Å². The average molecular weight is 264 g/mol. The fourth-order valence-electron chi connectivity index (χ4n) is 1.96. The van der Waals surface area contributed by atoms with Crippen LogP contribution in [0.25, 0.3) is 0 Å². The minimum absolute atomic E-state index is 0.281. The van der Waals surface area contributed by atoms with E-state index >= 15 is 0 Å². The maximum absolute atomic E-state index is 12.1. The summed E-state index contributed by atoms with van der Waals surface area (Å²) in [6.45, 7) is 0.720. The van der Waals surface area contributed by atoms with Crippen LogP contribution in [0, 0.1) is 0 Å². The molecule has 1 saturated carbocycles. The molecule has 0 radical (unpaired) electrons. The van der Waals surface area contributed by atoms with Crippen molar-refractivity contribution in [2.75, 3.05) is 17.7 Å². The summed E-state index contributed by atoms with van der Waals surface area (Å²) >= 11 is 1.72. The number of hydrogen-bond donors (Lipinski definition) is 1. The molecule has 0 bridgehead atoms. The number of amides is 1. The van der Waals surface area contributed by atoms with Gasteiger partial charge in [-0.2, -0.15) is 11.8 Å². The summed E-state index contributed by atoms with van der Waals surface area (Å²) in [7, 11) is 0. The van der Waals surface area contributed by atoms with Crippen LogP contribution in [0.3, 0.4) is 0 Å². The minimum atomic E-state index is 0.281. The van der Waals surface area contributed by atoms with E-state index in [9.17, 15) is 4.79 Å². The molecule has 1 aromatic carbocycles. The number of carbonyl (C=O) groups excluding carboxylic acids is 1. The number of thioether (sulfide) groups is 1. The molecule has 0 spiro atoms. The highest BCUT2D eigenvalue weighted by atomic mass is 32.2. The number of benzene rings is 1. The van der Waals surface area contributed by atoms with Crippen LogP contribution >= 0.6 is 11.8 Å². The molecule has 2 N–H and O–H groups in total. The Kier molecular flexibility index (Phi) is 4.53. The van der Waals surface area contributed by atoms with Crippen molar-refractivity contribution in [2.24, 2.45) is 0 Å². The third-order valence-electron chi connectivity index (χ3n) is 3.16. The fraction of sp³-hybridized carbons (Fsp3) is 0.500. The molecule has 0 heterocycles. The Hall–Kier alpha value is -1.16. The van der Waals surface area contributed by atoms with Gasteiger partial charge < -0.3 is 10.6 Å². The number of nitrogens with two attached hydrogens (primary N) is 1. The van der Waals surface area contributed by atoms with E-state index in [4.69, 9.17) is 5.73 Å². The second-order valence-corrected chi connectivity index (χ2v) is 5.72. The molecule has 0 atom stereocenters. The predicted molar refractivity (Wildman–Crippen MR) is 77.4 cm³/mol. The zero-order chi connectivity index (χ0) is 13.0. The molecule has 4 heteroatoms. The second-order valence-electron chi connectivity index (χ2n) is 4.74. The average Bonchev–Trinajstić information content (AvgIpc) is 3.19. The number of hydrogen-bond acceptors (Lipinski definition) is 3. The molecule has 1 aliphatic rings. The van der Waals surface area contributed by atoms with Gasteiger partial charge >= 0.3 is 0 Å². The molecule has 3 nitrogen and oxygen atoms in total. The Labute approximate surface area is 113 Å². The van der Waals surface area contributed by atoms with E-state index < -0.39 is 0 Å². The highest BCUT2D eigenvalue weighted by Crippen LogP contribution is 2.29. The zero-order valence-corrected chi connectivity index (χ0v) is 11.6. The van der Waals surface area contributed by atoms with Crippen LogP contribution in [-0.2, 0) is 11.3 Å². The standard InChI is InChI=1S/C14H20N2OS/c1-18-9-8-14(17)16(13-6-7-13)10-11-2-4-12(15)5-3-11/h2-5,13H,6-10,15H2,1H3. The quantitative estimate of drug-likeness (QED) is 0.803. The largest absolute Gasteiger partial charge is 0.399 e. The van der Waals surface area contributed by atoms with Gasteiger partial charge in [0.15, 0.2) is 0 Å². The van der Waals surface area contributed by atoms with Crippen LogP contribution in [0.2, 0.25) is 0 Å². The third kappa shape index (κ3) is 3.67. The van der Waals surface area contributed by atoms with E-state index in [1.165, 1.54) is 0 Å². The minimum Gasteiger partial charge on any atom is -0.399 e. The summed E-state index contributed by atoms with van der Waals surface area (Å²) in [4.78, 5) is 14.2. The van der Waals surface area contributed by atoms with Crippen molar-refractivity contribution in [3.63, 3.8) is 0 Å². The first kappa shape index (κ1) is 13.3. The summed E-state index contributed by atoms with van der Waals surface area (Å²) in [6, 6.07) is 8.27. The topological polar surface area (TPSA) is 46.3 Å². The first-order valence-electron chi connectivity index (χ1n) is 6.33. The van der Waals surface area contributed by atoms with Crippen LogP contribution in [0.1, 0.15) is 24.8 Å². The first-order chi connectivity index (χ1) is 8.70. The van der Waals surface area contributed by atoms with Gasteiger partial charge in [0.05, 0.1) is 0 Å². The summed E-state index contributed by atoms with van der Waals surface area (Å²) in [6.07, 6.45) is 4.99. The lowest BCUT2D eigenvalue weighted by atomic mass is 10.2. The summed E-state index contributed by atoms with van der Waals surface area (Å²) in [5, 5.41) is 0. The predicted octanol–water partition coefficient (Wildman–Crippen LogP) is 2.51. The molecule has 1 fully saturated rings. The highest BCUT2D eigenvalue weighted by molar-refractivity contribution is 7.98. The number of carbonyl (C=O) groups is 1. The van der Waals surface area contributed by atoms with Crippen LogP contribution in [0.15, 0.2) is 24.3 Å². The van der Waals surface area contributed by atoms with Crippen molar-refractivity contribution >= 4 is 23.4 Å². The van der Waals surface area contributed by atoms with E-state index in [1.807, 2.05) is 35.4 Å². The van der Waals surface area contributed by atoms with Crippen molar-refractivity contribution in [3.05, 3.63) is 29.8 Å². The van der Waals surface area contributed by atoms with Gasteiger partial charge in [0.1, 0.15) is 0 Å². The van der Waals surface area contributed by atoms with E-state index in [-0.39, 0.29) is 5.91 Å². The van der Waals surface area contributed by atoms with Crippen LogP contribution < -0.4 is 5.73 Å². The molecule has 2 rings (SSSR count). The molecule has 0 saturated heterocycles. The molecule has 98 valence electrons. The molecular formula is C14H20N2OS. The second kappa shape index (κ2) is 6.14. The van der Waals surface area contributed by atoms with Crippen LogP contribution in [0.4, 0.5) is 5.69 Å². The highest BCUT2D eigenvalue weighted by Gasteiger charge is 2.31. The van der Waals surface area contributed by atoms with Crippen LogP contribution in [0.5, 0.6) is 0 Å². The van der Waals surface area contributed by atoms with Gasteiger partial charge in [-0.05, 0) is 36.8 Å². The lowest BCUT2D eigenvalue weighted by Crippen LogP contribution is -2.32. The number of nitrogens with zero attached hydrogens (tertiary/aromatic N) is 1. The van der Waals surface area contributed by atoms with Crippen LogP contribution in [-0.4, -0.2) is 28.9 Å². The molecule has 0 aliphatic heterocycles. The fourth-order valence-corrected chi connectivity index (χ4v) is 2.34. The molecule has 1 aliphatic carbocycles. The van der Waals surface area contributed by atoms with Crippen molar-refractivity contribution in [1.82, 2.24) is 4.90 Å². The van der Waals surface area contributed by atoms with Gasteiger partial charge in [0.25, 0.3) is 0 Å². The first-order valence-corrected chi connectivity index (χ1v) is 7.73. The number of rotatable bonds is 6. The Balaban J connectivity index is 1.97. The van der Waals surface area contributed by atoms with E-state index in [2.05, 4.69) is 0 Å². The molecule has 0 unspecified atom stereocenters. The number of nitrogen functional groups attached to an aromatic ring is 1. The van der Waals surface area contributed by atoms with E-state index in [0.29, 0.717) is 12.5 Å². The Bertz CT molecular complexity index is 401. The van der Waals surface area contributed by atoms with E-state index in [1.54, 1.807) is 11.8 Å². The van der Waals surface area contributed by atoms with Gasteiger partial charge in [0.2, 0.25) is 5.91 Å². The van der Waals surface area contributed by atoms with Gasteiger partial charge in [-0.1, -0.05) is 12.1 Å². The van der Waals surface area contributed by atoms with Gasteiger partial charge in [-0.3, -0.25) is 4.79 Å². The summed E-state index contributed by atoms with van der Waals surface area (Å²) in [5.74, 6) is 1.19. The summed E-state index contributed by atoms with van der Waals surface area (Å²) < 4.78 is 0. The maximum Gasteiger partial charge on any atom is 0.223 e. The summed E-state index contributed by atoms with van der Waals surface area (Å²) in [5.41, 5.74) is 7.60. The monoisotopic (exact) mass is 264 g/mol. The number of anilines is 1. The molecular weight excluding hydrogens is 244 g/mol. The Morgan fingerprint density at radius 1 is 1.39 bits per heavy atom. The third-order valence-corrected chi connectivity index (χ3v) is 3.77. The SMILES string of the molecule is CSCCC(=O)N(Cc1ccc(N)cc1)C1CC1. The van der Waals surface area contributed by atoms with E-state index in [0.717, 1.165) is 36.4 Å². The lowest BCUT2D eigenvalue weighted by Gasteiger charge is -2.22. The van der Waals surface area contributed by atoms with Gasteiger partial charge in [0, 0.05) is 30.4 Å². The van der Waals surface area contributed by atoms with Crippen molar-refractivity contribution in [3.8, 4) is 0 Å². The Morgan fingerprint density at radius 2 is 2.06 bits per heavy atom. The van der Waals surface area contributed by atoms with Crippen molar-refractivity contribution < 1.29 is 4.79 Å². The zero-order valence-electron chi connectivity index (χ0n) is 10.8. The maximum atomic E-state index is 12.1. The smallest absolute Gasteiger partial charge is 0.223 e. The molecule has 1 aromatic rings. The Morgan fingerprint density at radius 3 is 2.61 bits per heavy atom. The van der Waals surface area contributed by atoms with Crippen molar-refractivity contribution in [2.45, 2.75) is 31.8 Å². The van der Waals surface area contributed by atoms with Gasteiger partial charge in [-0.25, -0.2) is 0 Å². The lowest BCUT2D eigenvalue weighted by molar-refractivity contribution is -0.131. The molecule has 0 aromatic heterocycles. The molecule has 18 heavy (non-hydrogen) atoms. The van der Waals surface area contributed by atoms with Gasteiger partial charge in [-0.15, -0.1) is 0 Å². The normalized spacial score (nSPS) is 14.5. The molecule has 1 amide bonds.